The number of H-pyrrole nitrogens is 1. The number of aromatic amines is 1. The van der Waals surface area contributed by atoms with E-state index in [0.717, 1.165) is 6.42 Å². The average Bonchev–Trinajstić information content (AvgIpc) is 2.93. The summed E-state index contributed by atoms with van der Waals surface area (Å²) in [5.74, 6) is -0.564. The molecule has 1 fully saturated rings. The molecule has 6 heteroatoms. The van der Waals surface area contributed by atoms with Gasteiger partial charge in [-0.2, -0.15) is 0 Å². The van der Waals surface area contributed by atoms with E-state index in [1.807, 2.05) is 20.8 Å². The van der Waals surface area contributed by atoms with Gasteiger partial charge in [0.2, 0.25) is 0 Å². The van der Waals surface area contributed by atoms with Gasteiger partial charge in [-0.15, -0.1) is 0 Å². The predicted molar refractivity (Wildman–Crippen MR) is 75.7 cm³/mol. The summed E-state index contributed by atoms with van der Waals surface area (Å²) in [4.78, 5) is 28.9. The van der Waals surface area contributed by atoms with Gasteiger partial charge in [-0.05, 0) is 39.7 Å². The van der Waals surface area contributed by atoms with Crippen LogP contribution in [0, 0.1) is 0 Å². The van der Waals surface area contributed by atoms with Crippen LogP contribution in [0.1, 0.15) is 44.1 Å². The maximum absolute atomic E-state index is 12.4. The molecule has 5 nitrogen and oxygen atoms in total. The molecular formula is C14H19ClN2O3. The Bertz CT molecular complexity index is 519. The second kappa shape index (κ2) is 5.48. The van der Waals surface area contributed by atoms with Gasteiger partial charge in [0, 0.05) is 12.7 Å². The summed E-state index contributed by atoms with van der Waals surface area (Å²) in [6, 6.07) is 1.05. The van der Waals surface area contributed by atoms with Gasteiger partial charge >= 0.3 is 5.97 Å². The van der Waals surface area contributed by atoms with Gasteiger partial charge in [-0.25, -0.2) is 4.79 Å². The van der Waals surface area contributed by atoms with Gasteiger partial charge in [-0.1, -0.05) is 11.6 Å². The quantitative estimate of drug-likeness (QED) is 0.854. The van der Waals surface area contributed by atoms with E-state index in [0.29, 0.717) is 23.7 Å². The Kier molecular flexibility index (Phi) is 4.09. The molecule has 0 spiro atoms. The van der Waals surface area contributed by atoms with Crippen molar-refractivity contribution in [2.75, 3.05) is 6.54 Å². The number of likely N-dealkylation sites (tertiary alicyclic amines) is 1. The molecule has 0 bridgehead atoms. The molecule has 110 valence electrons. The molecular weight excluding hydrogens is 280 g/mol. The fourth-order valence-electron chi connectivity index (χ4n) is 2.27. The Morgan fingerprint density at radius 2 is 2.15 bits per heavy atom. The normalized spacial score (nSPS) is 19.2. The highest BCUT2D eigenvalue weighted by Crippen LogP contribution is 2.23. The fraction of sp³-hybridized carbons (Fsp3) is 0.571. The Labute approximate surface area is 123 Å². The second-order valence-corrected chi connectivity index (χ2v) is 6.36. The summed E-state index contributed by atoms with van der Waals surface area (Å²) in [6.45, 7) is 6.00. The Morgan fingerprint density at radius 3 is 2.70 bits per heavy atom. The Balaban J connectivity index is 2.11. The Hall–Kier alpha value is -1.49. The predicted octanol–water partition coefficient (Wildman–Crippen LogP) is 2.61. The molecule has 1 aromatic rings. The molecule has 1 atom stereocenters. The summed E-state index contributed by atoms with van der Waals surface area (Å²) in [5.41, 5.74) is -0.158. The monoisotopic (exact) mass is 298 g/mol. The highest BCUT2D eigenvalue weighted by molar-refractivity contribution is 6.31. The first kappa shape index (κ1) is 14.9. The number of carbonyl (C=O) groups is 2. The van der Waals surface area contributed by atoms with E-state index >= 15 is 0 Å². The van der Waals surface area contributed by atoms with Crippen molar-refractivity contribution in [2.45, 2.75) is 45.3 Å². The van der Waals surface area contributed by atoms with Crippen LogP contribution in [-0.2, 0) is 9.53 Å². The summed E-state index contributed by atoms with van der Waals surface area (Å²) in [5, 5.41) is 0.473. The van der Waals surface area contributed by atoms with Gasteiger partial charge in [0.05, 0.1) is 5.02 Å². The van der Waals surface area contributed by atoms with Crippen LogP contribution in [0.4, 0.5) is 0 Å². The van der Waals surface area contributed by atoms with E-state index in [2.05, 4.69) is 4.98 Å². The minimum Gasteiger partial charge on any atom is -0.458 e. The molecule has 2 rings (SSSR count). The first-order valence-corrected chi connectivity index (χ1v) is 7.03. The van der Waals surface area contributed by atoms with Gasteiger partial charge in [0.1, 0.15) is 17.3 Å². The maximum Gasteiger partial charge on any atom is 0.329 e. The van der Waals surface area contributed by atoms with Crippen LogP contribution in [0.15, 0.2) is 12.3 Å². The zero-order valence-corrected chi connectivity index (χ0v) is 12.7. The van der Waals surface area contributed by atoms with Crippen LogP contribution < -0.4 is 0 Å². The molecule has 1 saturated heterocycles. The zero-order valence-electron chi connectivity index (χ0n) is 11.9. The van der Waals surface area contributed by atoms with Gasteiger partial charge < -0.3 is 14.6 Å². The van der Waals surface area contributed by atoms with E-state index in [1.54, 1.807) is 17.2 Å². The average molecular weight is 299 g/mol. The number of amides is 1. The largest absolute Gasteiger partial charge is 0.458 e. The number of hydrogen-bond donors (Lipinski definition) is 1. The van der Waals surface area contributed by atoms with Crippen LogP contribution in [-0.4, -0.2) is 39.9 Å². The molecule has 0 unspecified atom stereocenters. The molecule has 1 aromatic heterocycles. The van der Waals surface area contributed by atoms with E-state index in [-0.39, 0.29) is 11.9 Å². The number of nitrogens with zero attached hydrogens (tertiary/aromatic N) is 1. The minimum atomic E-state index is -0.551. The third kappa shape index (κ3) is 3.33. The third-order valence-corrected chi connectivity index (χ3v) is 3.29. The zero-order chi connectivity index (χ0) is 14.9. The lowest BCUT2D eigenvalue weighted by Crippen LogP contribution is -2.43. The van der Waals surface area contributed by atoms with Crippen molar-refractivity contribution in [3.63, 3.8) is 0 Å². The number of rotatable bonds is 2. The highest BCUT2D eigenvalue weighted by Gasteiger charge is 2.37. The number of nitrogens with one attached hydrogen (secondary N) is 1. The molecule has 1 amide bonds. The van der Waals surface area contributed by atoms with Gasteiger partial charge in [-0.3, -0.25) is 4.79 Å². The van der Waals surface area contributed by atoms with Gasteiger partial charge in [0.25, 0.3) is 5.91 Å². The van der Waals surface area contributed by atoms with E-state index in [4.69, 9.17) is 16.3 Å². The molecule has 0 aliphatic carbocycles. The van der Waals surface area contributed by atoms with Crippen LogP contribution in [0.25, 0.3) is 0 Å². The van der Waals surface area contributed by atoms with Crippen molar-refractivity contribution < 1.29 is 14.3 Å². The van der Waals surface area contributed by atoms with Crippen LogP contribution in [0.2, 0.25) is 5.02 Å². The third-order valence-electron chi connectivity index (χ3n) is 3.07. The molecule has 1 N–H and O–H groups in total. The maximum atomic E-state index is 12.4. The second-order valence-electron chi connectivity index (χ2n) is 5.92. The topological polar surface area (TPSA) is 62.4 Å². The first-order valence-electron chi connectivity index (χ1n) is 6.66. The van der Waals surface area contributed by atoms with Crippen LogP contribution in [0.5, 0.6) is 0 Å². The summed E-state index contributed by atoms with van der Waals surface area (Å²) in [6.07, 6.45) is 2.98. The van der Waals surface area contributed by atoms with E-state index < -0.39 is 11.6 Å². The van der Waals surface area contributed by atoms with Crippen molar-refractivity contribution in [2.24, 2.45) is 0 Å². The molecule has 1 aliphatic heterocycles. The summed E-state index contributed by atoms with van der Waals surface area (Å²) < 4.78 is 5.37. The lowest BCUT2D eigenvalue weighted by molar-refractivity contribution is -0.159. The fourth-order valence-corrected chi connectivity index (χ4v) is 2.43. The number of ether oxygens (including phenoxy) is 1. The molecule has 1 aliphatic rings. The van der Waals surface area contributed by atoms with Gasteiger partial charge in [0.15, 0.2) is 0 Å². The molecule has 0 saturated carbocycles. The number of esters is 1. The molecule has 0 radical (unpaired) electrons. The minimum absolute atomic E-state index is 0.217. The first-order chi connectivity index (χ1) is 9.28. The molecule has 0 aromatic carbocycles. The molecule has 20 heavy (non-hydrogen) atoms. The van der Waals surface area contributed by atoms with Crippen LogP contribution in [0.3, 0.4) is 0 Å². The summed E-state index contributed by atoms with van der Waals surface area (Å²) >= 11 is 5.80. The van der Waals surface area contributed by atoms with Crippen molar-refractivity contribution in [3.05, 3.63) is 23.0 Å². The summed E-state index contributed by atoms with van der Waals surface area (Å²) in [7, 11) is 0. The smallest absolute Gasteiger partial charge is 0.329 e. The number of aromatic nitrogens is 1. The lowest BCUT2D eigenvalue weighted by atomic mass is 10.1. The molecule has 2 heterocycles. The SMILES string of the molecule is CC(C)(C)OC(=O)[C@@H]1CCCN1C(=O)c1cc(Cl)c[nH]1. The van der Waals surface area contributed by atoms with Crippen molar-refractivity contribution in [3.8, 4) is 0 Å². The Morgan fingerprint density at radius 1 is 1.45 bits per heavy atom. The standard InChI is InChI=1S/C14H19ClN2O3/c1-14(2,3)20-13(19)11-5-4-6-17(11)12(18)10-7-9(15)8-16-10/h7-8,11,16H,4-6H2,1-3H3/t11-/m0/s1. The lowest BCUT2D eigenvalue weighted by Gasteiger charge is -2.27. The number of carbonyl (C=O) groups excluding carboxylic acids is 2. The van der Waals surface area contributed by atoms with Crippen molar-refractivity contribution in [1.29, 1.82) is 0 Å². The van der Waals surface area contributed by atoms with Crippen molar-refractivity contribution in [1.82, 2.24) is 9.88 Å². The number of halogens is 1. The van der Waals surface area contributed by atoms with E-state index in [1.165, 1.54) is 0 Å². The van der Waals surface area contributed by atoms with Crippen LogP contribution >= 0.6 is 11.6 Å². The van der Waals surface area contributed by atoms with Crippen molar-refractivity contribution >= 4 is 23.5 Å². The highest BCUT2D eigenvalue weighted by atomic mass is 35.5. The number of hydrogen-bond acceptors (Lipinski definition) is 3. The van der Waals surface area contributed by atoms with E-state index in [9.17, 15) is 9.59 Å².